The van der Waals surface area contributed by atoms with Crippen LogP contribution in [0.2, 0.25) is 0 Å². The SMILES string of the molecule is CCN(CC)[C@@H]1CCO[C@H](c2ccc(NC(=O)c3cc4nc(C)cc(C)n4n3)cc2)C1. The van der Waals surface area contributed by atoms with Gasteiger partial charge in [0.25, 0.3) is 5.91 Å². The van der Waals surface area contributed by atoms with Crippen LogP contribution < -0.4 is 5.32 Å². The number of aryl methyl sites for hydroxylation is 2. The molecule has 0 aliphatic carbocycles. The number of nitrogens with zero attached hydrogens (tertiary/aromatic N) is 4. The van der Waals surface area contributed by atoms with Gasteiger partial charge in [0.05, 0.1) is 6.10 Å². The minimum absolute atomic E-state index is 0.0971. The molecule has 7 heteroatoms. The second kappa shape index (κ2) is 9.16. The molecule has 0 spiro atoms. The number of fused-ring (bicyclic) bond motifs is 1. The van der Waals surface area contributed by atoms with Crippen LogP contribution in [0.1, 0.15) is 60.2 Å². The molecule has 164 valence electrons. The van der Waals surface area contributed by atoms with Crippen molar-refractivity contribution < 1.29 is 9.53 Å². The molecule has 2 aromatic heterocycles. The summed E-state index contributed by atoms with van der Waals surface area (Å²) >= 11 is 0. The highest BCUT2D eigenvalue weighted by Crippen LogP contribution is 2.31. The molecule has 0 bridgehead atoms. The third-order valence-corrected chi connectivity index (χ3v) is 6.09. The molecule has 0 radical (unpaired) electrons. The van der Waals surface area contributed by atoms with Crippen molar-refractivity contribution in [1.29, 1.82) is 0 Å². The zero-order valence-corrected chi connectivity index (χ0v) is 18.8. The summed E-state index contributed by atoms with van der Waals surface area (Å²) in [6.45, 7) is 11.2. The van der Waals surface area contributed by atoms with Gasteiger partial charge < -0.3 is 15.0 Å². The van der Waals surface area contributed by atoms with E-state index in [-0.39, 0.29) is 12.0 Å². The fourth-order valence-electron chi connectivity index (χ4n) is 4.46. The minimum Gasteiger partial charge on any atom is -0.373 e. The summed E-state index contributed by atoms with van der Waals surface area (Å²) in [4.78, 5) is 19.7. The Balaban J connectivity index is 1.44. The van der Waals surface area contributed by atoms with Crippen molar-refractivity contribution >= 4 is 17.2 Å². The summed E-state index contributed by atoms with van der Waals surface area (Å²) in [6.07, 6.45) is 2.18. The van der Waals surface area contributed by atoms with E-state index in [2.05, 4.69) is 34.1 Å². The lowest BCUT2D eigenvalue weighted by Gasteiger charge is -2.36. The number of rotatable bonds is 6. The quantitative estimate of drug-likeness (QED) is 0.647. The molecule has 0 unspecified atom stereocenters. The lowest BCUT2D eigenvalue weighted by molar-refractivity contribution is -0.0265. The fraction of sp³-hybridized carbons (Fsp3) is 0.458. The van der Waals surface area contributed by atoms with Gasteiger partial charge in [-0.05, 0) is 63.5 Å². The lowest BCUT2D eigenvalue weighted by Crippen LogP contribution is -2.40. The van der Waals surface area contributed by atoms with Crippen LogP contribution in [0, 0.1) is 13.8 Å². The molecule has 1 fully saturated rings. The van der Waals surface area contributed by atoms with E-state index >= 15 is 0 Å². The highest BCUT2D eigenvalue weighted by atomic mass is 16.5. The van der Waals surface area contributed by atoms with Crippen LogP contribution in [0.25, 0.3) is 5.65 Å². The molecule has 4 rings (SSSR count). The molecule has 1 amide bonds. The van der Waals surface area contributed by atoms with E-state index < -0.39 is 0 Å². The van der Waals surface area contributed by atoms with E-state index in [0.717, 1.165) is 55.2 Å². The Morgan fingerprint density at radius 1 is 1.19 bits per heavy atom. The molecule has 1 aliphatic rings. The molecule has 1 aliphatic heterocycles. The Morgan fingerprint density at radius 3 is 2.65 bits per heavy atom. The number of anilines is 1. The Morgan fingerprint density at radius 2 is 1.94 bits per heavy atom. The van der Waals surface area contributed by atoms with Gasteiger partial charge in [0.1, 0.15) is 0 Å². The van der Waals surface area contributed by atoms with Gasteiger partial charge in [-0.3, -0.25) is 4.79 Å². The molecular formula is C24H31N5O2. The van der Waals surface area contributed by atoms with Gasteiger partial charge in [0, 0.05) is 35.8 Å². The fourth-order valence-corrected chi connectivity index (χ4v) is 4.46. The standard InChI is InChI=1S/C24H31N5O2/c1-5-28(6-2)20-11-12-31-22(14-20)18-7-9-19(10-8-18)26-24(30)21-15-23-25-16(3)13-17(4)29(23)27-21/h7-10,13,15,20,22H,5-6,11-12,14H2,1-4H3,(H,26,30)/t20-,22+/m1/s1. The maximum Gasteiger partial charge on any atom is 0.276 e. The molecule has 1 aromatic carbocycles. The average molecular weight is 422 g/mol. The van der Waals surface area contributed by atoms with Crippen molar-refractivity contribution in [2.24, 2.45) is 0 Å². The smallest absolute Gasteiger partial charge is 0.276 e. The van der Waals surface area contributed by atoms with Gasteiger partial charge in [-0.25, -0.2) is 9.50 Å². The second-order valence-electron chi connectivity index (χ2n) is 8.17. The number of carbonyl (C=O) groups is 1. The lowest BCUT2D eigenvalue weighted by atomic mass is 9.96. The van der Waals surface area contributed by atoms with Gasteiger partial charge in [0.2, 0.25) is 0 Å². The number of amides is 1. The molecule has 3 heterocycles. The zero-order valence-electron chi connectivity index (χ0n) is 18.8. The van der Waals surface area contributed by atoms with Crippen LogP contribution >= 0.6 is 0 Å². The predicted molar refractivity (Wildman–Crippen MR) is 121 cm³/mol. The highest BCUT2D eigenvalue weighted by molar-refractivity contribution is 6.03. The van der Waals surface area contributed by atoms with Crippen molar-refractivity contribution in [3.63, 3.8) is 0 Å². The Hall–Kier alpha value is -2.77. The summed E-state index contributed by atoms with van der Waals surface area (Å²) < 4.78 is 7.74. The van der Waals surface area contributed by atoms with Crippen LogP contribution in [0.15, 0.2) is 36.4 Å². The number of nitrogens with one attached hydrogen (secondary N) is 1. The van der Waals surface area contributed by atoms with Crippen molar-refractivity contribution in [3.05, 3.63) is 59.0 Å². The van der Waals surface area contributed by atoms with E-state index in [0.29, 0.717) is 17.4 Å². The normalized spacial score (nSPS) is 19.1. The first-order valence-corrected chi connectivity index (χ1v) is 11.1. The largest absolute Gasteiger partial charge is 0.373 e. The van der Waals surface area contributed by atoms with Crippen LogP contribution in [-0.4, -0.2) is 51.1 Å². The summed E-state index contributed by atoms with van der Waals surface area (Å²) in [5.41, 5.74) is 4.76. The monoisotopic (exact) mass is 421 g/mol. The van der Waals surface area contributed by atoms with Gasteiger partial charge in [-0.2, -0.15) is 5.10 Å². The van der Waals surface area contributed by atoms with Gasteiger partial charge in [-0.1, -0.05) is 26.0 Å². The van der Waals surface area contributed by atoms with Crippen molar-refractivity contribution in [3.8, 4) is 0 Å². The van der Waals surface area contributed by atoms with Crippen LogP contribution in [-0.2, 0) is 4.74 Å². The molecular weight excluding hydrogens is 390 g/mol. The Kier molecular flexibility index (Phi) is 6.34. The summed E-state index contributed by atoms with van der Waals surface area (Å²) in [6, 6.07) is 12.2. The second-order valence-corrected chi connectivity index (χ2v) is 8.17. The van der Waals surface area contributed by atoms with Gasteiger partial charge in [0.15, 0.2) is 11.3 Å². The number of ether oxygens (including phenoxy) is 1. The van der Waals surface area contributed by atoms with E-state index in [1.54, 1.807) is 10.6 Å². The molecule has 0 saturated carbocycles. The van der Waals surface area contributed by atoms with E-state index in [1.807, 2.05) is 44.2 Å². The number of carbonyl (C=O) groups excluding carboxylic acids is 1. The maximum absolute atomic E-state index is 12.7. The summed E-state index contributed by atoms with van der Waals surface area (Å²) in [7, 11) is 0. The van der Waals surface area contributed by atoms with Crippen molar-refractivity contribution in [2.75, 3.05) is 25.0 Å². The van der Waals surface area contributed by atoms with Gasteiger partial charge >= 0.3 is 0 Å². The van der Waals surface area contributed by atoms with E-state index in [4.69, 9.17) is 4.74 Å². The summed E-state index contributed by atoms with van der Waals surface area (Å²) in [5.74, 6) is -0.245. The number of hydrogen-bond acceptors (Lipinski definition) is 5. The van der Waals surface area contributed by atoms with Crippen LogP contribution in [0.5, 0.6) is 0 Å². The molecule has 2 atom stereocenters. The number of aromatic nitrogens is 3. The molecule has 31 heavy (non-hydrogen) atoms. The van der Waals surface area contributed by atoms with Crippen LogP contribution in [0.4, 0.5) is 5.69 Å². The topological polar surface area (TPSA) is 71.8 Å². The first-order chi connectivity index (χ1) is 15.0. The summed E-state index contributed by atoms with van der Waals surface area (Å²) in [5, 5.41) is 7.34. The minimum atomic E-state index is -0.245. The molecule has 1 saturated heterocycles. The van der Waals surface area contributed by atoms with E-state index in [1.165, 1.54) is 0 Å². The van der Waals surface area contributed by atoms with Crippen molar-refractivity contribution in [1.82, 2.24) is 19.5 Å². The highest BCUT2D eigenvalue weighted by Gasteiger charge is 2.27. The maximum atomic E-state index is 12.7. The predicted octanol–water partition coefficient (Wildman–Crippen LogP) is 4.16. The number of hydrogen-bond donors (Lipinski definition) is 1. The van der Waals surface area contributed by atoms with E-state index in [9.17, 15) is 4.79 Å². The third-order valence-electron chi connectivity index (χ3n) is 6.09. The average Bonchev–Trinajstić information content (AvgIpc) is 3.20. The van der Waals surface area contributed by atoms with Crippen molar-refractivity contribution in [2.45, 2.75) is 52.7 Å². The molecule has 7 nitrogen and oxygen atoms in total. The Labute approximate surface area is 183 Å². The first kappa shape index (κ1) is 21.5. The first-order valence-electron chi connectivity index (χ1n) is 11.1. The Bertz CT molecular complexity index is 1060. The number of benzene rings is 1. The van der Waals surface area contributed by atoms with Gasteiger partial charge in [-0.15, -0.1) is 0 Å². The zero-order chi connectivity index (χ0) is 22.0. The van der Waals surface area contributed by atoms with Crippen LogP contribution in [0.3, 0.4) is 0 Å². The third kappa shape index (κ3) is 4.62. The molecule has 3 aromatic rings. The molecule has 1 N–H and O–H groups in total.